The summed E-state index contributed by atoms with van der Waals surface area (Å²) in [5.41, 5.74) is 0.982. The van der Waals surface area contributed by atoms with E-state index in [9.17, 15) is 4.79 Å². The van der Waals surface area contributed by atoms with Gasteiger partial charge in [0.2, 0.25) is 0 Å². The van der Waals surface area contributed by atoms with Crippen LogP contribution in [0.4, 0.5) is 4.79 Å². The molecule has 19 heavy (non-hydrogen) atoms. The first-order valence-electron chi connectivity index (χ1n) is 6.91. The van der Waals surface area contributed by atoms with E-state index in [4.69, 9.17) is 9.15 Å². The summed E-state index contributed by atoms with van der Waals surface area (Å²) in [6.07, 6.45) is 5.33. The zero-order valence-corrected chi connectivity index (χ0v) is 11.4. The normalized spacial score (nSPS) is 18.8. The second kappa shape index (κ2) is 7.19. The van der Waals surface area contributed by atoms with Gasteiger partial charge in [-0.05, 0) is 18.9 Å². The van der Waals surface area contributed by atoms with Crippen molar-refractivity contribution >= 4 is 6.03 Å². The summed E-state index contributed by atoms with van der Waals surface area (Å²) in [7, 11) is 0. The van der Waals surface area contributed by atoms with Gasteiger partial charge in [0, 0.05) is 37.7 Å². The van der Waals surface area contributed by atoms with Gasteiger partial charge >= 0.3 is 6.03 Å². The van der Waals surface area contributed by atoms with Gasteiger partial charge in [-0.1, -0.05) is 6.92 Å². The van der Waals surface area contributed by atoms with Crippen molar-refractivity contribution in [2.24, 2.45) is 5.92 Å². The number of hydrogen-bond donors (Lipinski definition) is 1. The molecule has 1 unspecified atom stereocenters. The van der Waals surface area contributed by atoms with Crippen LogP contribution in [0.15, 0.2) is 23.0 Å². The number of ether oxygens (including phenoxy) is 1. The number of nitrogens with one attached hydrogen (secondary N) is 1. The van der Waals surface area contributed by atoms with E-state index in [0.717, 1.165) is 44.7 Å². The topological polar surface area (TPSA) is 54.7 Å². The van der Waals surface area contributed by atoms with E-state index < -0.39 is 0 Å². The molecule has 1 aliphatic rings. The SMILES string of the molecule is CCCOCC1CCN(C(=O)NCc2ccoc2)C1. The Kier molecular flexibility index (Phi) is 5.27. The zero-order valence-electron chi connectivity index (χ0n) is 11.4. The molecule has 1 aromatic rings. The summed E-state index contributed by atoms with van der Waals surface area (Å²) < 4.78 is 10.5. The Morgan fingerprint density at radius 1 is 1.63 bits per heavy atom. The first-order chi connectivity index (χ1) is 9.29. The molecular weight excluding hydrogens is 244 g/mol. The summed E-state index contributed by atoms with van der Waals surface area (Å²) in [5.74, 6) is 0.478. The quantitative estimate of drug-likeness (QED) is 0.803. The van der Waals surface area contributed by atoms with E-state index in [1.165, 1.54) is 0 Å². The summed E-state index contributed by atoms with van der Waals surface area (Å²) in [6.45, 7) is 5.80. The third kappa shape index (κ3) is 4.28. The molecule has 2 amide bonds. The summed E-state index contributed by atoms with van der Waals surface area (Å²) in [4.78, 5) is 13.8. The molecule has 1 aromatic heterocycles. The first kappa shape index (κ1) is 13.9. The summed E-state index contributed by atoms with van der Waals surface area (Å²) >= 11 is 0. The molecular formula is C14H22N2O3. The predicted molar refractivity (Wildman–Crippen MR) is 71.7 cm³/mol. The number of carbonyl (C=O) groups is 1. The highest BCUT2D eigenvalue weighted by Gasteiger charge is 2.26. The van der Waals surface area contributed by atoms with Gasteiger partial charge in [-0.2, -0.15) is 0 Å². The van der Waals surface area contributed by atoms with Crippen LogP contribution in [0.1, 0.15) is 25.3 Å². The maximum absolute atomic E-state index is 12.0. The van der Waals surface area contributed by atoms with Gasteiger partial charge in [0.1, 0.15) is 0 Å². The van der Waals surface area contributed by atoms with E-state index in [-0.39, 0.29) is 6.03 Å². The third-order valence-corrected chi connectivity index (χ3v) is 3.30. The maximum atomic E-state index is 12.0. The molecule has 1 fully saturated rings. The summed E-state index contributed by atoms with van der Waals surface area (Å²) in [6, 6.07) is 1.85. The van der Waals surface area contributed by atoms with Crippen molar-refractivity contribution in [1.29, 1.82) is 0 Å². The molecule has 0 saturated carbocycles. The van der Waals surface area contributed by atoms with Crippen LogP contribution in [0, 0.1) is 5.92 Å². The number of rotatable bonds is 6. The molecule has 0 radical (unpaired) electrons. The largest absolute Gasteiger partial charge is 0.472 e. The van der Waals surface area contributed by atoms with E-state index in [2.05, 4.69) is 12.2 Å². The van der Waals surface area contributed by atoms with Crippen molar-refractivity contribution in [2.75, 3.05) is 26.3 Å². The summed E-state index contributed by atoms with van der Waals surface area (Å²) in [5, 5.41) is 2.90. The maximum Gasteiger partial charge on any atom is 0.317 e. The van der Waals surface area contributed by atoms with Crippen molar-refractivity contribution in [3.05, 3.63) is 24.2 Å². The molecule has 0 spiro atoms. The number of carbonyl (C=O) groups excluding carboxylic acids is 1. The molecule has 2 heterocycles. The van der Waals surface area contributed by atoms with Gasteiger partial charge < -0.3 is 19.4 Å². The lowest BCUT2D eigenvalue weighted by molar-refractivity contribution is 0.102. The van der Waals surface area contributed by atoms with Crippen molar-refractivity contribution in [1.82, 2.24) is 10.2 Å². The number of likely N-dealkylation sites (tertiary alicyclic amines) is 1. The fourth-order valence-corrected chi connectivity index (χ4v) is 2.23. The second-order valence-electron chi connectivity index (χ2n) is 4.97. The highest BCUT2D eigenvalue weighted by atomic mass is 16.5. The Morgan fingerprint density at radius 2 is 2.53 bits per heavy atom. The molecule has 0 bridgehead atoms. The molecule has 1 aliphatic heterocycles. The Hall–Kier alpha value is -1.49. The van der Waals surface area contributed by atoms with E-state index in [1.54, 1.807) is 12.5 Å². The third-order valence-electron chi connectivity index (χ3n) is 3.30. The highest BCUT2D eigenvalue weighted by molar-refractivity contribution is 5.74. The highest BCUT2D eigenvalue weighted by Crippen LogP contribution is 2.16. The van der Waals surface area contributed by atoms with Crippen molar-refractivity contribution in [3.8, 4) is 0 Å². The first-order valence-corrected chi connectivity index (χ1v) is 6.91. The smallest absolute Gasteiger partial charge is 0.317 e. The lowest BCUT2D eigenvalue weighted by atomic mass is 10.1. The number of hydrogen-bond acceptors (Lipinski definition) is 3. The number of amides is 2. The molecule has 106 valence electrons. The van der Waals surface area contributed by atoms with Crippen molar-refractivity contribution < 1.29 is 13.9 Å². The van der Waals surface area contributed by atoms with Crippen LogP contribution in [-0.4, -0.2) is 37.2 Å². The van der Waals surface area contributed by atoms with E-state index >= 15 is 0 Å². The molecule has 5 heteroatoms. The van der Waals surface area contributed by atoms with Crippen LogP contribution in [0.5, 0.6) is 0 Å². The Morgan fingerprint density at radius 3 is 3.26 bits per heavy atom. The van der Waals surface area contributed by atoms with Crippen molar-refractivity contribution in [2.45, 2.75) is 26.3 Å². The molecule has 0 aliphatic carbocycles. The van der Waals surface area contributed by atoms with Crippen LogP contribution in [0.2, 0.25) is 0 Å². The molecule has 1 N–H and O–H groups in total. The Bertz CT molecular complexity index is 378. The average molecular weight is 266 g/mol. The minimum atomic E-state index is -0.000749. The van der Waals surface area contributed by atoms with Crippen molar-refractivity contribution in [3.63, 3.8) is 0 Å². The minimum Gasteiger partial charge on any atom is -0.472 e. The number of urea groups is 1. The lowest BCUT2D eigenvalue weighted by Crippen LogP contribution is -2.38. The van der Waals surface area contributed by atoms with Crippen LogP contribution in [-0.2, 0) is 11.3 Å². The Labute approximate surface area is 113 Å². The van der Waals surface area contributed by atoms with Gasteiger partial charge in [-0.25, -0.2) is 4.79 Å². The monoisotopic (exact) mass is 266 g/mol. The van der Waals surface area contributed by atoms with Crippen LogP contribution >= 0.6 is 0 Å². The van der Waals surface area contributed by atoms with Crippen LogP contribution < -0.4 is 5.32 Å². The van der Waals surface area contributed by atoms with E-state index in [1.807, 2.05) is 11.0 Å². The fraction of sp³-hybridized carbons (Fsp3) is 0.643. The van der Waals surface area contributed by atoms with Gasteiger partial charge in [0.05, 0.1) is 19.1 Å². The average Bonchev–Trinajstić information content (AvgIpc) is 3.07. The van der Waals surface area contributed by atoms with E-state index in [0.29, 0.717) is 12.5 Å². The van der Waals surface area contributed by atoms with Gasteiger partial charge in [0.15, 0.2) is 0 Å². The standard InChI is InChI=1S/C14H22N2O3/c1-2-6-18-11-13-3-5-16(9-13)14(17)15-8-12-4-7-19-10-12/h4,7,10,13H,2-3,5-6,8-9,11H2,1H3,(H,15,17). The zero-order chi connectivity index (χ0) is 13.5. The molecule has 5 nitrogen and oxygen atoms in total. The number of furan rings is 1. The molecule has 2 rings (SSSR count). The molecule has 1 saturated heterocycles. The van der Waals surface area contributed by atoms with Crippen LogP contribution in [0.25, 0.3) is 0 Å². The second-order valence-corrected chi connectivity index (χ2v) is 4.97. The fourth-order valence-electron chi connectivity index (χ4n) is 2.23. The lowest BCUT2D eigenvalue weighted by Gasteiger charge is -2.17. The van der Waals surface area contributed by atoms with Gasteiger partial charge in [-0.3, -0.25) is 0 Å². The Balaban J connectivity index is 1.66. The minimum absolute atomic E-state index is 0.000749. The molecule has 1 atom stereocenters. The van der Waals surface area contributed by atoms with Gasteiger partial charge in [-0.15, -0.1) is 0 Å². The predicted octanol–water partition coefficient (Wildman–Crippen LogP) is 2.24. The van der Waals surface area contributed by atoms with Crippen LogP contribution in [0.3, 0.4) is 0 Å². The van der Waals surface area contributed by atoms with Gasteiger partial charge in [0.25, 0.3) is 0 Å². The number of nitrogens with zero attached hydrogens (tertiary/aromatic N) is 1. The molecule has 0 aromatic carbocycles.